The Hall–Kier alpha value is -0.860. The Morgan fingerprint density at radius 1 is 1.05 bits per heavy atom. The van der Waals surface area contributed by atoms with E-state index in [9.17, 15) is 0 Å². The van der Waals surface area contributed by atoms with Crippen molar-refractivity contribution in [2.75, 3.05) is 20.1 Å². The highest BCUT2D eigenvalue weighted by molar-refractivity contribution is 5.14. The molecule has 0 amide bonds. The van der Waals surface area contributed by atoms with Gasteiger partial charge in [-0.15, -0.1) is 0 Å². The van der Waals surface area contributed by atoms with Gasteiger partial charge in [-0.05, 0) is 45.2 Å². The average molecular weight is 290 g/mol. The van der Waals surface area contributed by atoms with E-state index < -0.39 is 0 Å². The van der Waals surface area contributed by atoms with Crippen molar-refractivity contribution >= 4 is 0 Å². The van der Waals surface area contributed by atoms with Crippen molar-refractivity contribution in [3.8, 4) is 0 Å². The minimum atomic E-state index is 0.188. The lowest BCUT2D eigenvalue weighted by Crippen LogP contribution is -2.46. The first kappa shape index (κ1) is 18.2. The van der Waals surface area contributed by atoms with Crippen LogP contribution >= 0.6 is 0 Å². The molecule has 0 saturated carbocycles. The van der Waals surface area contributed by atoms with Crippen LogP contribution in [0.4, 0.5) is 0 Å². The summed E-state index contributed by atoms with van der Waals surface area (Å²) in [6, 6.07) is 10.7. The molecule has 21 heavy (non-hydrogen) atoms. The zero-order valence-corrected chi connectivity index (χ0v) is 14.9. The molecule has 0 aliphatic carbocycles. The number of rotatable bonds is 8. The first-order chi connectivity index (χ1) is 9.74. The predicted molar refractivity (Wildman–Crippen MR) is 93.5 cm³/mol. The molecule has 0 aliphatic rings. The number of nitrogens with zero attached hydrogens (tertiary/aromatic N) is 1. The van der Waals surface area contributed by atoms with Gasteiger partial charge < -0.3 is 10.2 Å². The molecule has 0 spiro atoms. The fourth-order valence-corrected chi connectivity index (χ4v) is 2.91. The third-order valence-electron chi connectivity index (χ3n) is 3.85. The molecule has 0 saturated heterocycles. The molecule has 1 atom stereocenters. The second-order valence-corrected chi connectivity index (χ2v) is 7.82. The summed E-state index contributed by atoms with van der Waals surface area (Å²) in [6.45, 7) is 14.6. The molecule has 1 N–H and O–H groups in total. The summed E-state index contributed by atoms with van der Waals surface area (Å²) >= 11 is 0. The summed E-state index contributed by atoms with van der Waals surface area (Å²) in [7, 11) is 2.23. The smallest absolute Gasteiger partial charge is 0.0230 e. The predicted octanol–water partition coefficient (Wildman–Crippen LogP) is 4.31. The van der Waals surface area contributed by atoms with Crippen molar-refractivity contribution in [2.45, 2.75) is 59.5 Å². The summed E-state index contributed by atoms with van der Waals surface area (Å²) in [6.07, 6.45) is 2.50. The van der Waals surface area contributed by atoms with E-state index in [1.807, 2.05) is 0 Å². The van der Waals surface area contributed by atoms with E-state index in [-0.39, 0.29) is 5.54 Å². The summed E-state index contributed by atoms with van der Waals surface area (Å²) in [5.41, 5.74) is 1.90. The van der Waals surface area contributed by atoms with Gasteiger partial charge in [0.15, 0.2) is 0 Å². The molecule has 2 heteroatoms. The van der Waals surface area contributed by atoms with Crippen LogP contribution in [-0.4, -0.2) is 30.6 Å². The van der Waals surface area contributed by atoms with Gasteiger partial charge in [0.25, 0.3) is 0 Å². The molecule has 1 unspecified atom stereocenters. The first-order valence-electron chi connectivity index (χ1n) is 8.22. The lowest BCUT2D eigenvalue weighted by Gasteiger charge is -2.37. The lowest BCUT2D eigenvalue weighted by atomic mass is 9.84. The monoisotopic (exact) mass is 290 g/mol. The largest absolute Gasteiger partial charge is 0.311 e. The maximum Gasteiger partial charge on any atom is 0.0230 e. The van der Waals surface area contributed by atoms with Gasteiger partial charge in [0, 0.05) is 25.2 Å². The second-order valence-electron chi connectivity index (χ2n) is 7.82. The van der Waals surface area contributed by atoms with Crippen molar-refractivity contribution in [1.82, 2.24) is 10.2 Å². The van der Waals surface area contributed by atoms with Crippen LogP contribution in [0.5, 0.6) is 0 Å². The average Bonchev–Trinajstić information content (AvgIpc) is 2.37. The van der Waals surface area contributed by atoms with Crippen LogP contribution in [0.1, 0.15) is 53.0 Å². The minimum absolute atomic E-state index is 0.188. The SMILES string of the molecule is CCCC(C)(CNC(C)(C)C)CN(C)Cc1ccccc1. The van der Waals surface area contributed by atoms with Crippen LogP contribution in [-0.2, 0) is 6.54 Å². The Kier molecular flexibility index (Phi) is 6.89. The molecule has 2 nitrogen and oxygen atoms in total. The maximum absolute atomic E-state index is 3.69. The molecule has 0 bridgehead atoms. The summed E-state index contributed by atoms with van der Waals surface area (Å²) in [5, 5.41) is 3.69. The van der Waals surface area contributed by atoms with Gasteiger partial charge in [0.1, 0.15) is 0 Å². The van der Waals surface area contributed by atoms with Crippen molar-refractivity contribution in [1.29, 1.82) is 0 Å². The van der Waals surface area contributed by atoms with E-state index in [0.29, 0.717) is 5.41 Å². The number of hydrogen-bond acceptors (Lipinski definition) is 2. The van der Waals surface area contributed by atoms with Crippen LogP contribution in [0, 0.1) is 5.41 Å². The van der Waals surface area contributed by atoms with Gasteiger partial charge in [0.2, 0.25) is 0 Å². The molecule has 120 valence electrons. The van der Waals surface area contributed by atoms with Gasteiger partial charge in [-0.1, -0.05) is 50.6 Å². The Balaban J connectivity index is 2.59. The summed E-state index contributed by atoms with van der Waals surface area (Å²) < 4.78 is 0. The van der Waals surface area contributed by atoms with E-state index in [1.54, 1.807) is 0 Å². The van der Waals surface area contributed by atoms with E-state index >= 15 is 0 Å². The molecule has 0 aromatic heterocycles. The van der Waals surface area contributed by atoms with E-state index in [0.717, 1.165) is 19.6 Å². The number of benzene rings is 1. The molecule has 0 fully saturated rings. The van der Waals surface area contributed by atoms with E-state index in [1.165, 1.54) is 18.4 Å². The minimum Gasteiger partial charge on any atom is -0.311 e. The molecule has 1 aromatic carbocycles. The van der Waals surface area contributed by atoms with Gasteiger partial charge in [-0.25, -0.2) is 0 Å². The van der Waals surface area contributed by atoms with Crippen molar-refractivity contribution < 1.29 is 0 Å². The zero-order valence-electron chi connectivity index (χ0n) is 14.9. The lowest BCUT2D eigenvalue weighted by molar-refractivity contribution is 0.157. The number of hydrogen-bond donors (Lipinski definition) is 1. The topological polar surface area (TPSA) is 15.3 Å². The van der Waals surface area contributed by atoms with E-state index in [2.05, 4.69) is 82.2 Å². The van der Waals surface area contributed by atoms with E-state index in [4.69, 9.17) is 0 Å². The van der Waals surface area contributed by atoms with Gasteiger partial charge >= 0.3 is 0 Å². The Labute approximate surface area is 131 Å². The maximum atomic E-state index is 3.69. The Morgan fingerprint density at radius 3 is 2.19 bits per heavy atom. The van der Waals surface area contributed by atoms with Gasteiger partial charge in [-0.2, -0.15) is 0 Å². The van der Waals surface area contributed by atoms with Crippen LogP contribution < -0.4 is 5.32 Å². The van der Waals surface area contributed by atoms with Crippen LogP contribution in [0.3, 0.4) is 0 Å². The molecule has 1 rings (SSSR count). The first-order valence-corrected chi connectivity index (χ1v) is 8.22. The fourth-order valence-electron chi connectivity index (χ4n) is 2.91. The van der Waals surface area contributed by atoms with Crippen molar-refractivity contribution in [3.63, 3.8) is 0 Å². The fraction of sp³-hybridized carbons (Fsp3) is 0.684. The van der Waals surface area contributed by atoms with Gasteiger partial charge in [0.05, 0.1) is 0 Å². The highest BCUT2D eigenvalue weighted by atomic mass is 15.1. The normalized spacial score (nSPS) is 15.2. The molecule has 1 aromatic rings. The summed E-state index contributed by atoms with van der Waals surface area (Å²) in [4.78, 5) is 2.45. The second kappa shape index (κ2) is 7.95. The number of nitrogens with one attached hydrogen (secondary N) is 1. The molecular formula is C19H34N2. The molecule has 0 heterocycles. The van der Waals surface area contributed by atoms with Crippen LogP contribution in [0.2, 0.25) is 0 Å². The molecule has 0 radical (unpaired) electrons. The third kappa shape index (κ3) is 7.63. The Morgan fingerprint density at radius 2 is 1.67 bits per heavy atom. The quantitative estimate of drug-likeness (QED) is 0.767. The molecular weight excluding hydrogens is 256 g/mol. The summed E-state index contributed by atoms with van der Waals surface area (Å²) in [5.74, 6) is 0. The van der Waals surface area contributed by atoms with Crippen molar-refractivity contribution in [2.24, 2.45) is 5.41 Å². The molecule has 0 aliphatic heterocycles. The van der Waals surface area contributed by atoms with Gasteiger partial charge in [-0.3, -0.25) is 0 Å². The zero-order chi connectivity index (χ0) is 15.9. The Bertz CT molecular complexity index is 394. The van der Waals surface area contributed by atoms with Crippen LogP contribution in [0.15, 0.2) is 30.3 Å². The van der Waals surface area contributed by atoms with Crippen molar-refractivity contribution in [3.05, 3.63) is 35.9 Å². The highest BCUT2D eigenvalue weighted by Gasteiger charge is 2.26. The van der Waals surface area contributed by atoms with Crippen LogP contribution in [0.25, 0.3) is 0 Å². The standard InChI is InChI=1S/C19H34N2/c1-7-13-19(5,15-20-18(2,3)4)16-21(6)14-17-11-9-8-10-12-17/h8-12,20H,7,13-16H2,1-6H3. The highest BCUT2D eigenvalue weighted by Crippen LogP contribution is 2.25. The third-order valence-corrected chi connectivity index (χ3v) is 3.85.